The van der Waals surface area contributed by atoms with E-state index in [9.17, 15) is 9.59 Å². The second kappa shape index (κ2) is 9.03. The van der Waals surface area contributed by atoms with Crippen LogP contribution in [0.25, 0.3) is 0 Å². The number of carbonyl (C=O) groups excluding carboxylic acids is 2. The first-order chi connectivity index (χ1) is 12.7. The molecule has 0 saturated carbocycles. The molecule has 2 amide bonds. The van der Waals surface area contributed by atoms with Crippen LogP contribution in [0, 0.1) is 0 Å². The predicted octanol–water partition coefficient (Wildman–Crippen LogP) is 1.91. The lowest BCUT2D eigenvalue weighted by Gasteiger charge is -2.33. The quantitative estimate of drug-likeness (QED) is 0.842. The lowest BCUT2D eigenvalue weighted by atomic mass is 10.0. The van der Waals surface area contributed by atoms with Crippen molar-refractivity contribution in [2.24, 2.45) is 0 Å². The van der Waals surface area contributed by atoms with E-state index in [1.165, 1.54) is 0 Å². The summed E-state index contributed by atoms with van der Waals surface area (Å²) < 4.78 is 10.8. The van der Waals surface area contributed by atoms with Crippen LogP contribution in [0.5, 0.6) is 5.75 Å². The lowest BCUT2D eigenvalue weighted by molar-refractivity contribution is -0.132. The maximum absolute atomic E-state index is 12.5. The Bertz CT molecular complexity index is 603. The van der Waals surface area contributed by atoms with Gasteiger partial charge in [0.25, 0.3) is 0 Å². The van der Waals surface area contributed by atoms with Crippen LogP contribution in [0.3, 0.4) is 0 Å². The molecular weight excluding hydrogens is 332 g/mol. The van der Waals surface area contributed by atoms with Gasteiger partial charge in [0.1, 0.15) is 11.9 Å². The zero-order valence-electron chi connectivity index (χ0n) is 15.4. The van der Waals surface area contributed by atoms with E-state index in [2.05, 4.69) is 5.32 Å². The fraction of sp³-hybridized carbons (Fsp3) is 0.600. The summed E-state index contributed by atoms with van der Waals surface area (Å²) in [6, 6.07) is 7.83. The van der Waals surface area contributed by atoms with E-state index in [1.54, 1.807) is 0 Å². The molecule has 2 fully saturated rings. The number of benzene rings is 1. The van der Waals surface area contributed by atoms with E-state index in [0.717, 1.165) is 37.0 Å². The van der Waals surface area contributed by atoms with E-state index in [-0.39, 0.29) is 24.0 Å². The average Bonchev–Trinajstić information content (AvgIpc) is 3.19. The number of likely N-dealkylation sites (tertiary alicyclic amines) is 1. The van der Waals surface area contributed by atoms with Gasteiger partial charge in [-0.25, -0.2) is 0 Å². The second-order valence-corrected chi connectivity index (χ2v) is 6.92. The van der Waals surface area contributed by atoms with Gasteiger partial charge in [-0.1, -0.05) is 12.1 Å². The first-order valence-corrected chi connectivity index (χ1v) is 9.57. The van der Waals surface area contributed by atoms with Crippen molar-refractivity contribution in [2.45, 2.75) is 51.2 Å². The smallest absolute Gasteiger partial charge is 0.249 e. The molecule has 0 aliphatic carbocycles. The van der Waals surface area contributed by atoms with E-state index in [0.29, 0.717) is 32.7 Å². The fourth-order valence-electron chi connectivity index (χ4n) is 3.51. The molecule has 3 rings (SSSR count). The van der Waals surface area contributed by atoms with Crippen LogP contribution in [0.2, 0.25) is 0 Å². The Morgan fingerprint density at radius 3 is 2.54 bits per heavy atom. The standard InChI is InChI=1S/C20H28N2O4/c1-2-25-17-7-5-15(6-8-17)14-19(23)22-11-9-16(10-12-22)21-20(24)18-4-3-13-26-18/h5-8,16,18H,2-4,9-14H2,1H3,(H,21,24). The number of nitrogens with one attached hydrogen (secondary N) is 1. The van der Waals surface area contributed by atoms with E-state index >= 15 is 0 Å². The number of piperidine rings is 1. The highest BCUT2D eigenvalue weighted by molar-refractivity contribution is 5.81. The topological polar surface area (TPSA) is 67.9 Å². The Hall–Kier alpha value is -2.08. The van der Waals surface area contributed by atoms with Gasteiger partial charge in [-0.05, 0) is 50.3 Å². The molecule has 26 heavy (non-hydrogen) atoms. The van der Waals surface area contributed by atoms with Gasteiger partial charge in [0, 0.05) is 25.7 Å². The van der Waals surface area contributed by atoms with Gasteiger partial charge in [-0.15, -0.1) is 0 Å². The number of hydrogen-bond acceptors (Lipinski definition) is 4. The van der Waals surface area contributed by atoms with Crippen LogP contribution in [0.4, 0.5) is 0 Å². The number of rotatable bonds is 6. The summed E-state index contributed by atoms with van der Waals surface area (Å²) in [5.41, 5.74) is 0.993. The van der Waals surface area contributed by atoms with Crippen LogP contribution >= 0.6 is 0 Å². The number of amides is 2. The van der Waals surface area contributed by atoms with E-state index < -0.39 is 0 Å². The van der Waals surface area contributed by atoms with Crippen LogP contribution < -0.4 is 10.1 Å². The monoisotopic (exact) mass is 360 g/mol. The second-order valence-electron chi connectivity index (χ2n) is 6.92. The van der Waals surface area contributed by atoms with Gasteiger partial charge >= 0.3 is 0 Å². The first kappa shape index (κ1) is 18.7. The Kier molecular flexibility index (Phi) is 6.50. The number of hydrogen-bond donors (Lipinski definition) is 1. The Labute approximate surface area is 154 Å². The summed E-state index contributed by atoms with van der Waals surface area (Å²) in [5.74, 6) is 0.964. The Morgan fingerprint density at radius 2 is 1.92 bits per heavy atom. The maximum Gasteiger partial charge on any atom is 0.249 e. The van der Waals surface area contributed by atoms with Crippen LogP contribution in [0.1, 0.15) is 38.2 Å². The lowest BCUT2D eigenvalue weighted by Crippen LogP contribution is -2.49. The van der Waals surface area contributed by atoms with Crippen LogP contribution in [-0.4, -0.2) is 55.2 Å². The Morgan fingerprint density at radius 1 is 1.19 bits per heavy atom. The summed E-state index contributed by atoms with van der Waals surface area (Å²) in [7, 11) is 0. The summed E-state index contributed by atoms with van der Waals surface area (Å²) in [4.78, 5) is 26.5. The highest BCUT2D eigenvalue weighted by Crippen LogP contribution is 2.17. The maximum atomic E-state index is 12.5. The molecule has 2 heterocycles. The van der Waals surface area contributed by atoms with Crippen molar-refractivity contribution in [1.82, 2.24) is 10.2 Å². The van der Waals surface area contributed by atoms with Crippen molar-refractivity contribution in [3.8, 4) is 5.75 Å². The Balaban J connectivity index is 1.42. The number of nitrogens with zero attached hydrogens (tertiary/aromatic N) is 1. The molecule has 1 aromatic carbocycles. The summed E-state index contributed by atoms with van der Waals surface area (Å²) in [6.07, 6.45) is 3.48. The zero-order chi connectivity index (χ0) is 18.4. The van der Waals surface area contributed by atoms with Crippen molar-refractivity contribution in [3.63, 3.8) is 0 Å². The molecule has 1 aromatic rings. The summed E-state index contributed by atoms with van der Waals surface area (Å²) in [5, 5.41) is 3.07. The largest absolute Gasteiger partial charge is 0.494 e. The minimum atomic E-state index is -0.283. The molecule has 142 valence electrons. The third kappa shape index (κ3) is 4.97. The van der Waals surface area contributed by atoms with Crippen molar-refractivity contribution in [3.05, 3.63) is 29.8 Å². The summed E-state index contributed by atoms with van der Waals surface area (Å²) >= 11 is 0. The van der Waals surface area contributed by atoms with Crippen molar-refractivity contribution in [2.75, 3.05) is 26.3 Å². The summed E-state index contributed by atoms with van der Waals surface area (Å²) in [6.45, 7) is 4.64. The molecule has 1 atom stereocenters. The molecule has 0 radical (unpaired) electrons. The highest BCUT2D eigenvalue weighted by atomic mass is 16.5. The minimum absolute atomic E-state index is 0.00154. The third-order valence-corrected chi connectivity index (χ3v) is 5.01. The predicted molar refractivity (Wildman–Crippen MR) is 98.0 cm³/mol. The molecule has 6 nitrogen and oxygen atoms in total. The van der Waals surface area contributed by atoms with Crippen molar-refractivity contribution in [1.29, 1.82) is 0 Å². The molecule has 6 heteroatoms. The molecule has 1 unspecified atom stereocenters. The highest BCUT2D eigenvalue weighted by Gasteiger charge is 2.28. The SMILES string of the molecule is CCOc1ccc(CC(=O)N2CCC(NC(=O)C3CCCO3)CC2)cc1. The average molecular weight is 360 g/mol. The van der Waals surface area contributed by atoms with Crippen molar-refractivity contribution >= 4 is 11.8 Å². The molecule has 1 N–H and O–H groups in total. The first-order valence-electron chi connectivity index (χ1n) is 9.57. The third-order valence-electron chi connectivity index (χ3n) is 5.01. The van der Waals surface area contributed by atoms with Gasteiger partial charge in [-0.2, -0.15) is 0 Å². The van der Waals surface area contributed by atoms with Gasteiger partial charge in [0.15, 0.2) is 0 Å². The molecule has 0 aromatic heterocycles. The fourth-order valence-corrected chi connectivity index (χ4v) is 3.51. The zero-order valence-corrected chi connectivity index (χ0v) is 15.4. The van der Waals surface area contributed by atoms with Gasteiger partial charge in [0.05, 0.1) is 13.0 Å². The minimum Gasteiger partial charge on any atom is -0.494 e. The number of carbonyl (C=O) groups is 2. The van der Waals surface area contributed by atoms with Crippen LogP contribution in [-0.2, 0) is 20.7 Å². The molecular formula is C20H28N2O4. The molecule has 2 aliphatic heterocycles. The normalized spacial score (nSPS) is 20.8. The molecule has 0 spiro atoms. The molecule has 2 aliphatic rings. The van der Waals surface area contributed by atoms with E-state index in [4.69, 9.17) is 9.47 Å². The molecule has 0 bridgehead atoms. The van der Waals surface area contributed by atoms with Gasteiger partial charge in [0.2, 0.25) is 11.8 Å². The van der Waals surface area contributed by atoms with Crippen molar-refractivity contribution < 1.29 is 19.1 Å². The van der Waals surface area contributed by atoms with Crippen LogP contribution in [0.15, 0.2) is 24.3 Å². The van der Waals surface area contributed by atoms with Gasteiger partial charge in [-0.3, -0.25) is 9.59 Å². The van der Waals surface area contributed by atoms with E-state index in [1.807, 2.05) is 36.1 Å². The van der Waals surface area contributed by atoms with Gasteiger partial charge < -0.3 is 19.7 Å². The number of ether oxygens (including phenoxy) is 2. The molecule has 2 saturated heterocycles.